The molecule has 1 N–H and O–H groups in total. The van der Waals surface area contributed by atoms with Gasteiger partial charge in [0, 0.05) is 5.56 Å². The maximum Gasteiger partial charge on any atom is 0.123 e. The van der Waals surface area contributed by atoms with Crippen LogP contribution in [0.3, 0.4) is 0 Å². The summed E-state index contributed by atoms with van der Waals surface area (Å²) in [5, 5.41) is 9.82. The van der Waals surface area contributed by atoms with Crippen molar-refractivity contribution in [1.82, 2.24) is 0 Å². The van der Waals surface area contributed by atoms with Gasteiger partial charge in [-0.15, -0.1) is 0 Å². The van der Waals surface area contributed by atoms with Gasteiger partial charge < -0.3 is 9.84 Å². The van der Waals surface area contributed by atoms with Gasteiger partial charge in [0.15, 0.2) is 0 Å². The normalized spacial score (nSPS) is 10.1. The van der Waals surface area contributed by atoms with Gasteiger partial charge in [-0.1, -0.05) is 29.8 Å². The van der Waals surface area contributed by atoms with Crippen LogP contribution in [-0.2, 0) is 0 Å². The van der Waals surface area contributed by atoms with E-state index in [1.807, 2.05) is 37.3 Å². The highest BCUT2D eigenvalue weighted by Gasteiger charge is 2.05. The summed E-state index contributed by atoms with van der Waals surface area (Å²) in [5.41, 5.74) is 2.96. The number of phenols is 1. The van der Waals surface area contributed by atoms with Crippen LogP contribution in [-0.4, -0.2) is 12.2 Å². The Morgan fingerprint density at radius 1 is 1.06 bits per heavy atom. The third kappa shape index (κ3) is 2.01. The van der Waals surface area contributed by atoms with E-state index in [0.717, 1.165) is 16.9 Å². The summed E-state index contributed by atoms with van der Waals surface area (Å²) in [4.78, 5) is 0. The van der Waals surface area contributed by atoms with Crippen LogP contribution < -0.4 is 4.74 Å². The molecule has 0 spiro atoms. The predicted octanol–water partition coefficient (Wildman–Crippen LogP) is 3.38. The lowest BCUT2D eigenvalue weighted by molar-refractivity contribution is 0.412. The van der Waals surface area contributed by atoms with Crippen LogP contribution in [0.5, 0.6) is 11.5 Å². The van der Waals surface area contributed by atoms with Crippen molar-refractivity contribution in [2.24, 2.45) is 0 Å². The summed E-state index contributed by atoms with van der Waals surface area (Å²) in [7, 11) is 1.62. The average Bonchev–Trinajstić information content (AvgIpc) is 2.30. The molecule has 0 saturated carbocycles. The Morgan fingerprint density at radius 2 is 1.88 bits per heavy atom. The first kappa shape index (κ1) is 10.6. The second-order valence-electron chi connectivity index (χ2n) is 3.75. The van der Waals surface area contributed by atoms with E-state index in [1.165, 1.54) is 5.56 Å². The molecule has 0 atom stereocenters. The molecule has 0 aliphatic rings. The van der Waals surface area contributed by atoms with Crippen molar-refractivity contribution in [2.75, 3.05) is 7.11 Å². The van der Waals surface area contributed by atoms with E-state index in [1.54, 1.807) is 19.2 Å². The largest absolute Gasteiger partial charge is 0.507 e. The highest BCUT2D eigenvalue weighted by atomic mass is 16.5. The van der Waals surface area contributed by atoms with Crippen LogP contribution in [0.4, 0.5) is 0 Å². The molecule has 2 aromatic rings. The van der Waals surface area contributed by atoms with Crippen molar-refractivity contribution >= 4 is 0 Å². The zero-order valence-electron chi connectivity index (χ0n) is 9.40. The number of methoxy groups -OCH3 is 1. The number of ether oxygens (including phenoxy) is 1. The lowest BCUT2D eigenvalue weighted by Crippen LogP contribution is -1.85. The molecule has 0 aromatic heterocycles. The van der Waals surface area contributed by atoms with Crippen LogP contribution in [0.2, 0.25) is 0 Å². The van der Waals surface area contributed by atoms with E-state index in [4.69, 9.17) is 4.74 Å². The fourth-order valence-corrected chi connectivity index (χ4v) is 1.69. The van der Waals surface area contributed by atoms with Gasteiger partial charge in [0.1, 0.15) is 11.5 Å². The molecule has 0 saturated heterocycles. The van der Waals surface area contributed by atoms with Gasteiger partial charge in [0.2, 0.25) is 0 Å². The average molecular weight is 214 g/mol. The summed E-state index contributed by atoms with van der Waals surface area (Å²) in [5.74, 6) is 1.01. The Balaban J connectivity index is 2.54. The molecular weight excluding hydrogens is 200 g/mol. The van der Waals surface area contributed by atoms with Gasteiger partial charge in [0.05, 0.1) is 7.11 Å². The summed E-state index contributed by atoms with van der Waals surface area (Å²) in [6, 6.07) is 13.2. The van der Waals surface area contributed by atoms with Gasteiger partial charge in [-0.25, -0.2) is 0 Å². The molecule has 0 amide bonds. The number of benzene rings is 2. The quantitative estimate of drug-likeness (QED) is 0.830. The van der Waals surface area contributed by atoms with E-state index < -0.39 is 0 Å². The number of aromatic hydroxyl groups is 1. The first-order valence-corrected chi connectivity index (χ1v) is 5.15. The van der Waals surface area contributed by atoms with Crippen LogP contribution in [0.15, 0.2) is 42.5 Å². The molecule has 0 unspecified atom stereocenters. The van der Waals surface area contributed by atoms with Crippen molar-refractivity contribution in [2.45, 2.75) is 6.92 Å². The molecule has 0 radical (unpaired) electrons. The molecular formula is C14H14O2. The zero-order chi connectivity index (χ0) is 11.5. The number of aryl methyl sites for hydroxylation is 1. The van der Waals surface area contributed by atoms with Gasteiger partial charge in [-0.2, -0.15) is 0 Å². The summed E-state index contributed by atoms with van der Waals surface area (Å²) in [6.45, 7) is 2.03. The Kier molecular flexibility index (Phi) is 2.82. The lowest BCUT2D eigenvalue weighted by Gasteiger charge is -2.08. The van der Waals surface area contributed by atoms with E-state index in [-0.39, 0.29) is 5.75 Å². The summed E-state index contributed by atoms with van der Waals surface area (Å²) >= 11 is 0. The van der Waals surface area contributed by atoms with Gasteiger partial charge in [-0.05, 0) is 30.7 Å². The third-order valence-electron chi connectivity index (χ3n) is 2.53. The van der Waals surface area contributed by atoms with Gasteiger partial charge in [-0.3, -0.25) is 0 Å². The second-order valence-corrected chi connectivity index (χ2v) is 3.75. The van der Waals surface area contributed by atoms with E-state index in [2.05, 4.69) is 0 Å². The van der Waals surface area contributed by atoms with Crippen molar-refractivity contribution in [3.8, 4) is 22.6 Å². The Hall–Kier alpha value is -1.96. The van der Waals surface area contributed by atoms with Crippen LogP contribution in [0, 0.1) is 6.92 Å². The molecule has 0 heterocycles. The maximum atomic E-state index is 9.82. The third-order valence-corrected chi connectivity index (χ3v) is 2.53. The smallest absolute Gasteiger partial charge is 0.123 e. The number of phenolic OH excluding ortho intramolecular Hbond substituents is 1. The molecule has 0 aliphatic carbocycles. The summed E-state index contributed by atoms with van der Waals surface area (Å²) in [6.07, 6.45) is 0. The monoisotopic (exact) mass is 214 g/mol. The van der Waals surface area contributed by atoms with Crippen LogP contribution in [0.1, 0.15) is 5.56 Å². The molecule has 0 fully saturated rings. The minimum absolute atomic E-state index is 0.270. The predicted molar refractivity (Wildman–Crippen MR) is 64.8 cm³/mol. The number of hydrogen-bond acceptors (Lipinski definition) is 2. The van der Waals surface area contributed by atoms with Gasteiger partial charge >= 0.3 is 0 Å². The van der Waals surface area contributed by atoms with Crippen molar-refractivity contribution in [3.05, 3.63) is 48.0 Å². The number of rotatable bonds is 2. The Labute approximate surface area is 95.1 Å². The lowest BCUT2D eigenvalue weighted by atomic mass is 10.0. The van der Waals surface area contributed by atoms with Gasteiger partial charge in [0.25, 0.3) is 0 Å². The molecule has 2 nitrogen and oxygen atoms in total. The molecule has 0 aliphatic heterocycles. The van der Waals surface area contributed by atoms with E-state index in [0.29, 0.717) is 0 Å². The van der Waals surface area contributed by atoms with Crippen molar-refractivity contribution < 1.29 is 9.84 Å². The Bertz CT molecular complexity index is 504. The molecule has 2 heteroatoms. The van der Waals surface area contributed by atoms with E-state index >= 15 is 0 Å². The first-order chi connectivity index (χ1) is 7.70. The highest BCUT2D eigenvalue weighted by Crippen LogP contribution is 2.32. The van der Waals surface area contributed by atoms with Crippen LogP contribution >= 0.6 is 0 Å². The molecule has 82 valence electrons. The Morgan fingerprint density at radius 3 is 2.56 bits per heavy atom. The topological polar surface area (TPSA) is 29.5 Å². The second kappa shape index (κ2) is 4.27. The first-order valence-electron chi connectivity index (χ1n) is 5.15. The molecule has 16 heavy (non-hydrogen) atoms. The number of hydrogen-bond donors (Lipinski definition) is 1. The molecule has 2 aromatic carbocycles. The summed E-state index contributed by atoms with van der Waals surface area (Å²) < 4.78 is 5.15. The van der Waals surface area contributed by atoms with E-state index in [9.17, 15) is 5.11 Å². The fraction of sp³-hybridized carbons (Fsp3) is 0.143. The fourth-order valence-electron chi connectivity index (χ4n) is 1.69. The zero-order valence-corrected chi connectivity index (χ0v) is 9.40. The highest BCUT2D eigenvalue weighted by molar-refractivity contribution is 5.72. The van der Waals surface area contributed by atoms with Crippen molar-refractivity contribution in [3.63, 3.8) is 0 Å². The standard InChI is InChI=1S/C14H14O2/c1-10-4-3-5-11(8-10)13-9-12(16-2)6-7-14(13)15/h3-9,15H,1-2H3. The molecule has 2 rings (SSSR count). The maximum absolute atomic E-state index is 9.82. The minimum Gasteiger partial charge on any atom is -0.507 e. The minimum atomic E-state index is 0.270. The van der Waals surface area contributed by atoms with Crippen LogP contribution in [0.25, 0.3) is 11.1 Å². The molecule has 0 bridgehead atoms. The SMILES string of the molecule is COc1ccc(O)c(-c2cccc(C)c2)c1. The van der Waals surface area contributed by atoms with Crippen molar-refractivity contribution in [1.29, 1.82) is 0 Å².